The van der Waals surface area contributed by atoms with Crippen LogP contribution >= 0.6 is 12.4 Å². The van der Waals surface area contributed by atoms with Crippen molar-refractivity contribution >= 4 is 27.9 Å². The predicted octanol–water partition coefficient (Wildman–Crippen LogP) is 0.837. The number of nitrogens with zero attached hydrogens (tertiary/aromatic N) is 1. The Bertz CT molecular complexity index is 612. The number of halogens is 1. The summed E-state index contributed by atoms with van der Waals surface area (Å²) in [7, 11) is -2.89. The zero-order chi connectivity index (χ0) is 13.7. The number of benzene rings is 1. The van der Waals surface area contributed by atoms with E-state index in [0.717, 1.165) is 25.3 Å². The van der Waals surface area contributed by atoms with Crippen LogP contribution in [0.4, 0.5) is 5.69 Å². The quantitative estimate of drug-likeness (QED) is 0.864. The minimum Gasteiger partial charge on any atom is -0.508 e. The number of sulfone groups is 1. The molecule has 0 atom stereocenters. The number of phenolic OH excluding ortho intramolecular Hbond substituents is 1. The van der Waals surface area contributed by atoms with Gasteiger partial charge in [-0.2, -0.15) is 0 Å². The zero-order valence-corrected chi connectivity index (χ0v) is 12.9. The van der Waals surface area contributed by atoms with Gasteiger partial charge in [-0.15, -0.1) is 12.4 Å². The molecule has 2 aliphatic rings. The summed E-state index contributed by atoms with van der Waals surface area (Å²) in [5.41, 5.74) is 2.34. The van der Waals surface area contributed by atoms with Crippen molar-refractivity contribution in [2.75, 3.05) is 43.5 Å². The molecule has 5 nitrogen and oxygen atoms in total. The van der Waals surface area contributed by atoms with Gasteiger partial charge in [0.25, 0.3) is 0 Å². The van der Waals surface area contributed by atoms with Crippen LogP contribution in [-0.4, -0.2) is 56.6 Å². The summed E-state index contributed by atoms with van der Waals surface area (Å²) >= 11 is 0. The van der Waals surface area contributed by atoms with Crippen molar-refractivity contribution in [3.63, 3.8) is 0 Å². The molecule has 1 spiro atoms. The number of anilines is 1. The van der Waals surface area contributed by atoms with E-state index in [9.17, 15) is 13.5 Å². The fraction of sp³-hybridized carbons (Fsp3) is 0.538. The first kappa shape index (κ1) is 15.4. The van der Waals surface area contributed by atoms with Crippen LogP contribution in [-0.2, 0) is 15.3 Å². The fourth-order valence-electron chi connectivity index (χ4n) is 3.05. The molecule has 7 heteroatoms. The van der Waals surface area contributed by atoms with Crippen LogP contribution in [0.1, 0.15) is 5.56 Å². The van der Waals surface area contributed by atoms with Gasteiger partial charge in [-0.05, 0) is 11.6 Å². The second-order valence-electron chi connectivity index (χ2n) is 5.70. The zero-order valence-electron chi connectivity index (χ0n) is 11.3. The highest BCUT2D eigenvalue weighted by atomic mass is 35.5. The Morgan fingerprint density at radius 1 is 1.40 bits per heavy atom. The van der Waals surface area contributed by atoms with Crippen molar-refractivity contribution in [2.45, 2.75) is 5.41 Å². The standard InChI is InChI=1S/C13H18N2O3S.ClH/c1-19(17,18)5-4-15-8-13(9-15)7-14-12-6-10(16)2-3-11(12)13;/h2-3,6,14,16H,4-5,7-9H2,1H3;1H. The van der Waals surface area contributed by atoms with Crippen molar-refractivity contribution < 1.29 is 13.5 Å². The SMILES string of the molecule is CS(=O)(=O)CCN1CC2(CNc3cc(O)ccc32)C1.Cl. The second-order valence-corrected chi connectivity index (χ2v) is 7.96. The summed E-state index contributed by atoms with van der Waals surface area (Å²) < 4.78 is 22.3. The molecule has 2 N–H and O–H groups in total. The van der Waals surface area contributed by atoms with Gasteiger partial charge in [0.15, 0.2) is 0 Å². The van der Waals surface area contributed by atoms with E-state index in [0.29, 0.717) is 6.54 Å². The second kappa shape index (κ2) is 5.09. The Morgan fingerprint density at radius 2 is 2.10 bits per heavy atom. The molecule has 0 radical (unpaired) electrons. The maximum absolute atomic E-state index is 11.2. The molecule has 1 aromatic rings. The third-order valence-corrected chi connectivity index (χ3v) is 4.95. The van der Waals surface area contributed by atoms with Crippen LogP contribution in [0.3, 0.4) is 0 Å². The summed E-state index contributed by atoms with van der Waals surface area (Å²) in [4.78, 5) is 2.17. The van der Waals surface area contributed by atoms with Gasteiger partial charge < -0.3 is 15.3 Å². The minimum atomic E-state index is -2.89. The van der Waals surface area contributed by atoms with E-state index in [-0.39, 0.29) is 29.3 Å². The smallest absolute Gasteiger partial charge is 0.148 e. The van der Waals surface area contributed by atoms with E-state index in [1.54, 1.807) is 12.1 Å². The summed E-state index contributed by atoms with van der Waals surface area (Å²) in [6.45, 7) is 3.23. The maximum atomic E-state index is 11.2. The number of hydrogen-bond donors (Lipinski definition) is 2. The highest BCUT2D eigenvalue weighted by molar-refractivity contribution is 7.90. The molecule has 0 saturated carbocycles. The first-order valence-electron chi connectivity index (χ1n) is 6.35. The summed E-state index contributed by atoms with van der Waals surface area (Å²) in [5, 5.41) is 12.8. The number of fused-ring (bicyclic) bond motifs is 2. The minimum absolute atomic E-state index is 0. The molecule has 1 aromatic carbocycles. The van der Waals surface area contributed by atoms with Gasteiger partial charge in [0.1, 0.15) is 15.6 Å². The molecule has 0 aliphatic carbocycles. The Hall–Kier alpha value is -0.980. The number of rotatable bonds is 3. The number of likely N-dealkylation sites (tertiary alicyclic amines) is 1. The van der Waals surface area contributed by atoms with Crippen LogP contribution in [0.15, 0.2) is 18.2 Å². The molecule has 0 aromatic heterocycles. The van der Waals surface area contributed by atoms with Gasteiger partial charge >= 0.3 is 0 Å². The number of nitrogens with one attached hydrogen (secondary N) is 1. The summed E-state index contributed by atoms with van der Waals surface area (Å²) in [5.74, 6) is 0.496. The Balaban J connectivity index is 0.00000147. The third-order valence-electron chi connectivity index (χ3n) is 4.02. The van der Waals surface area contributed by atoms with Gasteiger partial charge in [0.2, 0.25) is 0 Å². The fourth-order valence-corrected chi connectivity index (χ4v) is 3.64. The average Bonchev–Trinajstić information content (AvgIpc) is 2.62. The van der Waals surface area contributed by atoms with Crippen LogP contribution in [0.5, 0.6) is 5.75 Å². The largest absolute Gasteiger partial charge is 0.508 e. The molecule has 1 saturated heterocycles. The highest BCUT2D eigenvalue weighted by Crippen LogP contribution is 2.44. The monoisotopic (exact) mass is 318 g/mol. The maximum Gasteiger partial charge on any atom is 0.148 e. The summed E-state index contributed by atoms with van der Waals surface area (Å²) in [6.07, 6.45) is 1.28. The number of aromatic hydroxyl groups is 1. The van der Waals surface area contributed by atoms with Crippen molar-refractivity contribution in [3.8, 4) is 5.75 Å². The Morgan fingerprint density at radius 3 is 2.75 bits per heavy atom. The van der Waals surface area contributed by atoms with E-state index in [4.69, 9.17) is 0 Å². The number of phenols is 1. The topological polar surface area (TPSA) is 69.6 Å². The first-order valence-corrected chi connectivity index (χ1v) is 8.42. The van der Waals surface area contributed by atoms with E-state index >= 15 is 0 Å². The van der Waals surface area contributed by atoms with Crippen molar-refractivity contribution in [3.05, 3.63) is 23.8 Å². The average molecular weight is 319 g/mol. The van der Waals surface area contributed by atoms with Gasteiger partial charge in [0.05, 0.1) is 5.75 Å². The predicted molar refractivity (Wildman–Crippen MR) is 81.7 cm³/mol. The highest BCUT2D eigenvalue weighted by Gasteiger charge is 2.48. The van der Waals surface area contributed by atoms with Crippen molar-refractivity contribution in [2.24, 2.45) is 0 Å². The summed E-state index contributed by atoms with van der Waals surface area (Å²) in [6, 6.07) is 5.44. The van der Waals surface area contributed by atoms with Crippen LogP contribution < -0.4 is 5.32 Å². The molecule has 1 fully saturated rings. The van der Waals surface area contributed by atoms with Crippen LogP contribution in [0.2, 0.25) is 0 Å². The lowest BCUT2D eigenvalue weighted by molar-refractivity contribution is 0.0858. The van der Waals surface area contributed by atoms with Gasteiger partial charge in [-0.1, -0.05) is 6.07 Å². The normalized spacial score (nSPS) is 19.9. The molecule has 0 unspecified atom stereocenters. The van der Waals surface area contributed by atoms with E-state index in [2.05, 4.69) is 10.2 Å². The van der Waals surface area contributed by atoms with Crippen LogP contribution in [0, 0.1) is 0 Å². The van der Waals surface area contributed by atoms with Crippen molar-refractivity contribution in [1.29, 1.82) is 0 Å². The van der Waals surface area contributed by atoms with Crippen LogP contribution in [0.25, 0.3) is 0 Å². The lowest BCUT2D eigenvalue weighted by atomic mass is 9.75. The third kappa shape index (κ3) is 2.73. The van der Waals surface area contributed by atoms with E-state index in [1.165, 1.54) is 11.8 Å². The number of hydrogen-bond acceptors (Lipinski definition) is 5. The molecule has 2 heterocycles. The van der Waals surface area contributed by atoms with Gasteiger partial charge in [0, 0.05) is 49.6 Å². The Labute approximate surface area is 125 Å². The first-order chi connectivity index (χ1) is 8.88. The lowest BCUT2D eigenvalue weighted by Crippen LogP contribution is -2.61. The van der Waals surface area contributed by atoms with E-state index in [1.807, 2.05) is 6.07 Å². The molecule has 3 rings (SSSR count). The van der Waals surface area contributed by atoms with Gasteiger partial charge in [-0.3, -0.25) is 0 Å². The molecule has 2 aliphatic heterocycles. The molecular formula is C13H19ClN2O3S. The van der Waals surface area contributed by atoms with Gasteiger partial charge in [-0.25, -0.2) is 8.42 Å². The molecule has 0 amide bonds. The molecular weight excluding hydrogens is 300 g/mol. The molecule has 20 heavy (non-hydrogen) atoms. The lowest BCUT2D eigenvalue weighted by Gasteiger charge is -2.48. The van der Waals surface area contributed by atoms with E-state index < -0.39 is 9.84 Å². The molecule has 112 valence electrons. The van der Waals surface area contributed by atoms with Crippen molar-refractivity contribution in [1.82, 2.24) is 4.90 Å². The molecule has 0 bridgehead atoms. The Kier molecular flexibility index (Phi) is 3.92.